The number of benzene rings is 1. The number of fused-ring (bicyclic) bond motifs is 1. The average molecular weight is 212 g/mol. The summed E-state index contributed by atoms with van der Waals surface area (Å²) in [4.78, 5) is 8.01. The largest absolute Gasteiger partial charge is 0.383 e. The summed E-state index contributed by atoms with van der Waals surface area (Å²) in [7, 11) is 0. The van der Waals surface area contributed by atoms with Crippen molar-refractivity contribution in [1.82, 2.24) is 9.97 Å². The van der Waals surface area contributed by atoms with Crippen LogP contribution in [0.1, 0.15) is 5.82 Å². The third kappa shape index (κ3) is 1.37. The van der Waals surface area contributed by atoms with Gasteiger partial charge in [-0.25, -0.2) is 14.4 Å². The molecule has 0 unspecified atom stereocenters. The lowest BCUT2D eigenvalue weighted by molar-refractivity contribution is 0.629. The second kappa shape index (κ2) is 3.06. The van der Waals surface area contributed by atoms with E-state index in [9.17, 15) is 4.39 Å². The van der Waals surface area contributed by atoms with E-state index in [-0.39, 0.29) is 10.8 Å². The highest BCUT2D eigenvalue weighted by molar-refractivity contribution is 6.35. The monoisotopic (exact) mass is 211 g/mol. The molecule has 0 bridgehead atoms. The van der Waals surface area contributed by atoms with Gasteiger partial charge < -0.3 is 5.73 Å². The lowest BCUT2D eigenvalue weighted by atomic mass is 10.2. The minimum Gasteiger partial charge on any atom is -0.383 e. The molecule has 5 heteroatoms. The second-order valence-electron chi connectivity index (χ2n) is 2.94. The number of aromatic nitrogens is 2. The molecule has 72 valence electrons. The Bertz CT molecular complexity index is 466. The van der Waals surface area contributed by atoms with Gasteiger partial charge >= 0.3 is 0 Å². The Balaban J connectivity index is 2.94. The van der Waals surface area contributed by atoms with Gasteiger partial charge in [-0.15, -0.1) is 0 Å². The highest BCUT2D eigenvalue weighted by Crippen LogP contribution is 2.26. The predicted molar refractivity (Wildman–Crippen MR) is 53.7 cm³/mol. The fourth-order valence-corrected chi connectivity index (χ4v) is 1.54. The Labute approximate surface area is 84.7 Å². The summed E-state index contributed by atoms with van der Waals surface area (Å²) in [5.41, 5.74) is 6.10. The van der Waals surface area contributed by atoms with Gasteiger partial charge in [-0.1, -0.05) is 11.6 Å². The van der Waals surface area contributed by atoms with Crippen molar-refractivity contribution in [3.8, 4) is 0 Å². The Morgan fingerprint density at radius 1 is 1.36 bits per heavy atom. The predicted octanol–water partition coefficient (Wildman–Crippen LogP) is 2.31. The van der Waals surface area contributed by atoms with Crippen LogP contribution >= 0.6 is 11.6 Å². The molecule has 2 N–H and O–H groups in total. The third-order valence-corrected chi connectivity index (χ3v) is 2.15. The number of rotatable bonds is 0. The Hall–Kier alpha value is -1.42. The van der Waals surface area contributed by atoms with Crippen LogP contribution in [0.3, 0.4) is 0 Å². The van der Waals surface area contributed by atoms with E-state index in [0.29, 0.717) is 16.7 Å². The molecule has 1 aromatic carbocycles. The molecular formula is C9H7ClFN3. The van der Waals surface area contributed by atoms with Crippen molar-refractivity contribution in [3.63, 3.8) is 0 Å². The molecule has 0 saturated carbocycles. The summed E-state index contributed by atoms with van der Waals surface area (Å²) in [6.07, 6.45) is 0. The maximum absolute atomic E-state index is 13.0. The first kappa shape index (κ1) is 9.15. The van der Waals surface area contributed by atoms with Crippen molar-refractivity contribution in [3.05, 3.63) is 28.8 Å². The van der Waals surface area contributed by atoms with Crippen molar-refractivity contribution in [2.45, 2.75) is 6.92 Å². The number of hydrogen-bond donors (Lipinski definition) is 1. The lowest BCUT2D eigenvalue weighted by Crippen LogP contribution is -1.98. The van der Waals surface area contributed by atoms with E-state index in [0.717, 1.165) is 0 Å². The van der Waals surface area contributed by atoms with Crippen molar-refractivity contribution in [1.29, 1.82) is 0 Å². The molecule has 0 amide bonds. The van der Waals surface area contributed by atoms with Gasteiger partial charge in [-0.05, 0) is 19.1 Å². The zero-order chi connectivity index (χ0) is 10.3. The van der Waals surface area contributed by atoms with Crippen LogP contribution in [-0.4, -0.2) is 9.97 Å². The summed E-state index contributed by atoms with van der Waals surface area (Å²) in [5, 5.41) is 0.692. The van der Waals surface area contributed by atoms with Gasteiger partial charge in [-0.3, -0.25) is 0 Å². The van der Waals surface area contributed by atoms with Gasteiger partial charge in [0.1, 0.15) is 17.5 Å². The molecule has 0 aliphatic heterocycles. The fourth-order valence-electron chi connectivity index (χ4n) is 1.30. The molecule has 2 rings (SSSR count). The first-order valence-electron chi connectivity index (χ1n) is 3.97. The molecule has 1 aromatic heterocycles. The van der Waals surface area contributed by atoms with Crippen LogP contribution < -0.4 is 5.73 Å². The summed E-state index contributed by atoms with van der Waals surface area (Å²) in [5.74, 6) is 0.319. The highest BCUT2D eigenvalue weighted by atomic mass is 35.5. The molecule has 0 spiro atoms. The van der Waals surface area contributed by atoms with Crippen LogP contribution in [0, 0.1) is 12.7 Å². The van der Waals surface area contributed by atoms with E-state index in [1.165, 1.54) is 12.1 Å². The number of nitrogen functional groups attached to an aromatic ring is 1. The van der Waals surface area contributed by atoms with Gasteiger partial charge in [0.25, 0.3) is 0 Å². The number of nitrogens with zero attached hydrogens (tertiary/aromatic N) is 2. The minimum absolute atomic E-state index is 0.244. The molecule has 1 heterocycles. The van der Waals surface area contributed by atoms with Gasteiger partial charge in [0.05, 0.1) is 10.5 Å². The van der Waals surface area contributed by atoms with Gasteiger partial charge in [-0.2, -0.15) is 0 Å². The minimum atomic E-state index is -0.443. The van der Waals surface area contributed by atoms with Crippen molar-refractivity contribution in [2.75, 3.05) is 5.73 Å². The van der Waals surface area contributed by atoms with E-state index in [1.807, 2.05) is 0 Å². The molecule has 0 aliphatic rings. The zero-order valence-electron chi connectivity index (χ0n) is 7.38. The lowest BCUT2D eigenvalue weighted by Gasteiger charge is -2.03. The van der Waals surface area contributed by atoms with Crippen LogP contribution in [0.5, 0.6) is 0 Å². The smallest absolute Gasteiger partial charge is 0.135 e. The van der Waals surface area contributed by atoms with Crippen molar-refractivity contribution < 1.29 is 4.39 Å². The zero-order valence-corrected chi connectivity index (χ0v) is 8.14. The standard InChI is InChI=1S/C9H7ClFN3/c1-4-13-8-6(9(12)14-4)2-5(11)3-7(8)10/h2-3H,1H3,(H2,12,13,14). The molecule has 2 aromatic rings. The molecule has 0 saturated heterocycles. The number of anilines is 1. The molecule has 0 fully saturated rings. The van der Waals surface area contributed by atoms with Crippen LogP contribution in [-0.2, 0) is 0 Å². The van der Waals surface area contributed by atoms with E-state index < -0.39 is 5.82 Å². The maximum Gasteiger partial charge on any atom is 0.135 e. The van der Waals surface area contributed by atoms with Crippen molar-refractivity contribution >= 4 is 28.3 Å². The van der Waals surface area contributed by atoms with E-state index >= 15 is 0 Å². The van der Waals surface area contributed by atoms with Gasteiger partial charge in [0.2, 0.25) is 0 Å². The summed E-state index contributed by atoms with van der Waals surface area (Å²) < 4.78 is 13.0. The van der Waals surface area contributed by atoms with Crippen molar-refractivity contribution in [2.24, 2.45) is 0 Å². The van der Waals surface area contributed by atoms with E-state index in [4.69, 9.17) is 17.3 Å². The van der Waals surface area contributed by atoms with E-state index in [1.54, 1.807) is 6.92 Å². The Morgan fingerprint density at radius 3 is 2.79 bits per heavy atom. The Morgan fingerprint density at radius 2 is 2.07 bits per heavy atom. The molecule has 3 nitrogen and oxygen atoms in total. The molecule has 0 atom stereocenters. The molecular weight excluding hydrogens is 205 g/mol. The summed E-state index contributed by atoms with van der Waals surface area (Å²) >= 11 is 5.82. The van der Waals surface area contributed by atoms with E-state index in [2.05, 4.69) is 9.97 Å². The second-order valence-corrected chi connectivity index (χ2v) is 3.35. The highest BCUT2D eigenvalue weighted by Gasteiger charge is 2.08. The van der Waals surface area contributed by atoms with Gasteiger partial charge in [0.15, 0.2) is 0 Å². The van der Waals surface area contributed by atoms with Crippen LogP contribution in [0.4, 0.5) is 10.2 Å². The molecule has 14 heavy (non-hydrogen) atoms. The fraction of sp³-hybridized carbons (Fsp3) is 0.111. The van der Waals surface area contributed by atoms with Gasteiger partial charge in [0, 0.05) is 5.39 Å². The normalized spacial score (nSPS) is 10.8. The number of halogens is 2. The first-order valence-corrected chi connectivity index (χ1v) is 4.34. The third-order valence-electron chi connectivity index (χ3n) is 1.86. The van der Waals surface area contributed by atoms with Crippen LogP contribution in [0.15, 0.2) is 12.1 Å². The summed E-state index contributed by atoms with van der Waals surface area (Å²) in [6.45, 7) is 1.70. The number of hydrogen-bond acceptors (Lipinski definition) is 3. The average Bonchev–Trinajstić information content (AvgIpc) is 2.07. The number of aryl methyl sites for hydroxylation is 1. The summed E-state index contributed by atoms with van der Waals surface area (Å²) in [6, 6.07) is 2.48. The number of nitrogens with two attached hydrogens (primary N) is 1. The molecule has 0 aliphatic carbocycles. The quantitative estimate of drug-likeness (QED) is 0.728. The molecule has 0 radical (unpaired) electrons. The SMILES string of the molecule is Cc1nc(N)c2cc(F)cc(Cl)c2n1. The maximum atomic E-state index is 13.0. The van der Waals surface area contributed by atoms with Crippen LogP contribution in [0.25, 0.3) is 10.9 Å². The van der Waals surface area contributed by atoms with Crippen LogP contribution in [0.2, 0.25) is 5.02 Å². The first-order chi connectivity index (χ1) is 6.58. The topological polar surface area (TPSA) is 51.8 Å². The Kier molecular flexibility index (Phi) is 2.00.